The van der Waals surface area contributed by atoms with E-state index < -0.39 is 0 Å². The van der Waals surface area contributed by atoms with E-state index in [1.807, 2.05) is 12.1 Å². The summed E-state index contributed by atoms with van der Waals surface area (Å²) in [5.74, 6) is 0.866. The van der Waals surface area contributed by atoms with Crippen LogP contribution in [0.3, 0.4) is 0 Å². The SMILES string of the molecule is CCCCCN(Cc1cc(C#N)ccc1OC)C(C)C. The van der Waals surface area contributed by atoms with Crippen LogP contribution >= 0.6 is 0 Å². The normalized spacial score (nSPS) is 10.8. The minimum Gasteiger partial charge on any atom is -0.496 e. The standard InChI is InChI=1S/C17H26N2O/c1-5-6-7-10-19(14(2)3)13-16-11-15(12-18)8-9-17(16)20-4/h8-9,11,14H,5-7,10,13H2,1-4H3. The van der Waals surface area contributed by atoms with E-state index in [1.165, 1.54) is 19.3 Å². The fraction of sp³-hybridized carbons (Fsp3) is 0.588. The molecule has 0 aromatic heterocycles. The van der Waals surface area contributed by atoms with Gasteiger partial charge in [0.1, 0.15) is 5.75 Å². The highest BCUT2D eigenvalue weighted by atomic mass is 16.5. The third-order valence-corrected chi connectivity index (χ3v) is 3.56. The minimum atomic E-state index is 0.488. The molecule has 0 radical (unpaired) electrons. The number of ether oxygens (including phenoxy) is 1. The van der Waals surface area contributed by atoms with Gasteiger partial charge in [-0.2, -0.15) is 5.26 Å². The summed E-state index contributed by atoms with van der Waals surface area (Å²) in [5.41, 5.74) is 1.79. The highest BCUT2D eigenvalue weighted by Crippen LogP contribution is 2.22. The number of benzene rings is 1. The van der Waals surface area contributed by atoms with E-state index in [2.05, 4.69) is 31.7 Å². The number of hydrogen-bond donors (Lipinski definition) is 0. The molecule has 110 valence electrons. The zero-order valence-corrected chi connectivity index (χ0v) is 13.1. The van der Waals surface area contributed by atoms with E-state index in [-0.39, 0.29) is 0 Å². The highest BCUT2D eigenvalue weighted by molar-refractivity contribution is 5.42. The van der Waals surface area contributed by atoms with Crippen LogP contribution in [0.5, 0.6) is 5.75 Å². The molecule has 0 aliphatic carbocycles. The number of methoxy groups -OCH3 is 1. The van der Waals surface area contributed by atoms with Gasteiger partial charge in [0.2, 0.25) is 0 Å². The summed E-state index contributed by atoms with van der Waals surface area (Å²) in [7, 11) is 1.68. The van der Waals surface area contributed by atoms with E-state index in [0.717, 1.165) is 24.4 Å². The molecule has 0 spiro atoms. The van der Waals surface area contributed by atoms with E-state index in [9.17, 15) is 0 Å². The second-order valence-electron chi connectivity index (χ2n) is 5.41. The van der Waals surface area contributed by atoms with E-state index in [4.69, 9.17) is 10.00 Å². The summed E-state index contributed by atoms with van der Waals surface area (Å²) in [5, 5.41) is 9.04. The lowest BCUT2D eigenvalue weighted by Gasteiger charge is -2.27. The molecule has 0 unspecified atom stereocenters. The monoisotopic (exact) mass is 274 g/mol. The van der Waals surface area contributed by atoms with Crippen LogP contribution in [0.15, 0.2) is 18.2 Å². The topological polar surface area (TPSA) is 36.3 Å². The van der Waals surface area contributed by atoms with Crippen molar-refractivity contribution in [3.8, 4) is 11.8 Å². The molecule has 0 atom stereocenters. The fourth-order valence-electron chi connectivity index (χ4n) is 2.28. The van der Waals surface area contributed by atoms with Gasteiger partial charge in [0.25, 0.3) is 0 Å². The molecule has 20 heavy (non-hydrogen) atoms. The lowest BCUT2D eigenvalue weighted by Crippen LogP contribution is -2.31. The molecular weight excluding hydrogens is 248 g/mol. The van der Waals surface area contributed by atoms with Crippen LogP contribution in [0.2, 0.25) is 0 Å². The van der Waals surface area contributed by atoms with Gasteiger partial charge in [-0.15, -0.1) is 0 Å². The second-order valence-corrected chi connectivity index (χ2v) is 5.41. The molecule has 3 nitrogen and oxygen atoms in total. The number of unbranched alkanes of at least 4 members (excludes halogenated alkanes) is 2. The van der Waals surface area contributed by atoms with Crippen molar-refractivity contribution in [2.75, 3.05) is 13.7 Å². The number of nitrogens with zero attached hydrogens (tertiary/aromatic N) is 2. The van der Waals surface area contributed by atoms with Crippen LogP contribution in [0.1, 0.15) is 51.2 Å². The van der Waals surface area contributed by atoms with Crippen LogP contribution in [0.4, 0.5) is 0 Å². The first-order chi connectivity index (χ1) is 9.62. The molecule has 0 fully saturated rings. The Kier molecular flexibility index (Phi) is 7.11. The number of rotatable bonds is 8. The first kappa shape index (κ1) is 16.5. The quantitative estimate of drug-likeness (QED) is 0.673. The average Bonchev–Trinajstić information content (AvgIpc) is 2.46. The summed E-state index contributed by atoms with van der Waals surface area (Å²) in [4.78, 5) is 2.44. The lowest BCUT2D eigenvalue weighted by molar-refractivity contribution is 0.206. The zero-order chi connectivity index (χ0) is 15.0. The first-order valence-electron chi connectivity index (χ1n) is 7.43. The maximum atomic E-state index is 9.04. The van der Waals surface area contributed by atoms with Crippen LogP contribution in [0.25, 0.3) is 0 Å². The predicted octanol–water partition coefficient (Wildman–Crippen LogP) is 3.97. The van der Waals surface area contributed by atoms with E-state index >= 15 is 0 Å². The van der Waals surface area contributed by atoms with Gasteiger partial charge in [0, 0.05) is 18.2 Å². The first-order valence-corrected chi connectivity index (χ1v) is 7.43. The summed E-state index contributed by atoms with van der Waals surface area (Å²) >= 11 is 0. The third-order valence-electron chi connectivity index (χ3n) is 3.56. The molecule has 1 rings (SSSR count). The summed E-state index contributed by atoms with van der Waals surface area (Å²) in [6, 6.07) is 8.32. The smallest absolute Gasteiger partial charge is 0.123 e. The summed E-state index contributed by atoms with van der Waals surface area (Å²) in [6.07, 6.45) is 3.71. The Morgan fingerprint density at radius 3 is 2.60 bits per heavy atom. The van der Waals surface area contributed by atoms with Gasteiger partial charge in [-0.05, 0) is 45.0 Å². The maximum absolute atomic E-state index is 9.04. The number of hydrogen-bond acceptors (Lipinski definition) is 3. The minimum absolute atomic E-state index is 0.488. The Hall–Kier alpha value is -1.53. The van der Waals surface area contributed by atoms with Crippen molar-refractivity contribution in [2.45, 2.75) is 52.6 Å². The van der Waals surface area contributed by atoms with Crippen molar-refractivity contribution in [3.63, 3.8) is 0 Å². The fourth-order valence-corrected chi connectivity index (χ4v) is 2.28. The molecule has 1 aromatic carbocycles. The lowest BCUT2D eigenvalue weighted by atomic mass is 10.1. The van der Waals surface area contributed by atoms with Gasteiger partial charge in [-0.3, -0.25) is 4.90 Å². The van der Waals surface area contributed by atoms with Crippen molar-refractivity contribution in [3.05, 3.63) is 29.3 Å². The summed E-state index contributed by atoms with van der Waals surface area (Å²) < 4.78 is 5.42. The number of nitriles is 1. The van der Waals surface area contributed by atoms with Gasteiger partial charge in [0.15, 0.2) is 0 Å². The Bertz CT molecular complexity index is 449. The Balaban J connectivity index is 2.83. The molecule has 0 aliphatic rings. The third kappa shape index (κ3) is 4.86. The molecule has 3 heteroatoms. The van der Waals surface area contributed by atoms with Crippen molar-refractivity contribution in [1.29, 1.82) is 5.26 Å². The average molecular weight is 274 g/mol. The Labute approximate surface area is 123 Å². The summed E-state index contributed by atoms with van der Waals surface area (Å²) in [6.45, 7) is 8.57. The van der Waals surface area contributed by atoms with Crippen molar-refractivity contribution in [1.82, 2.24) is 4.90 Å². The maximum Gasteiger partial charge on any atom is 0.123 e. The highest BCUT2D eigenvalue weighted by Gasteiger charge is 2.13. The van der Waals surface area contributed by atoms with Gasteiger partial charge in [0.05, 0.1) is 18.7 Å². The molecule has 0 amide bonds. The molecule has 0 N–H and O–H groups in total. The van der Waals surface area contributed by atoms with Crippen molar-refractivity contribution >= 4 is 0 Å². The van der Waals surface area contributed by atoms with Crippen LogP contribution in [-0.4, -0.2) is 24.6 Å². The Morgan fingerprint density at radius 1 is 1.30 bits per heavy atom. The zero-order valence-electron chi connectivity index (χ0n) is 13.1. The van der Waals surface area contributed by atoms with Crippen molar-refractivity contribution < 1.29 is 4.74 Å². The van der Waals surface area contributed by atoms with Gasteiger partial charge in [-0.1, -0.05) is 19.8 Å². The molecule has 0 aliphatic heterocycles. The van der Waals surface area contributed by atoms with Crippen LogP contribution in [-0.2, 0) is 6.54 Å². The molecule has 0 heterocycles. The van der Waals surface area contributed by atoms with Gasteiger partial charge < -0.3 is 4.74 Å². The largest absolute Gasteiger partial charge is 0.496 e. The van der Waals surface area contributed by atoms with E-state index in [1.54, 1.807) is 13.2 Å². The van der Waals surface area contributed by atoms with Gasteiger partial charge in [-0.25, -0.2) is 0 Å². The predicted molar refractivity (Wildman–Crippen MR) is 82.8 cm³/mol. The Morgan fingerprint density at radius 2 is 2.05 bits per heavy atom. The molecular formula is C17H26N2O. The molecule has 0 bridgehead atoms. The van der Waals surface area contributed by atoms with E-state index in [0.29, 0.717) is 11.6 Å². The second kappa shape index (κ2) is 8.60. The van der Waals surface area contributed by atoms with Gasteiger partial charge >= 0.3 is 0 Å². The van der Waals surface area contributed by atoms with Crippen LogP contribution < -0.4 is 4.74 Å². The molecule has 1 aromatic rings. The molecule has 0 saturated heterocycles. The molecule has 0 saturated carbocycles. The van der Waals surface area contributed by atoms with Crippen molar-refractivity contribution in [2.24, 2.45) is 0 Å². The van der Waals surface area contributed by atoms with Crippen LogP contribution in [0, 0.1) is 11.3 Å².